The smallest absolute Gasteiger partial charge is 0.339 e. The van der Waals surface area contributed by atoms with Crippen LogP contribution in [0, 0.1) is 0 Å². The predicted molar refractivity (Wildman–Crippen MR) is 94.4 cm³/mol. The van der Waals surface area contributed by atoms with Crippen molar-refractivity contribution in [3.05, 3.63) is 48.5 Å². The molecule has 0 bridgehead atoms. The van der Waals surface area contributed by atoms with E-state index in [-0.39, 0.29) is 23.2 Å². The summed E-state index contributed by atoms with van der Waals surface area (Å²) in [7, 11) is -2.48. The molecule has 25 heavy (non-hydrogen) atoms. The molecule has 0 radical (unpaired) electrons. The number of amides is 1. The third kappa shape index (κ3) is 4.13. The molecule has 7 nitrogen and oxygen atoms in total. The van der Waals surface area contributed by atoms with Gasteiger partial charge in [-0.05, 0) is 24.3 Å². The number of hydrogen-bond donors (Lipinski definition) is 1. The summed E-state index contributed by atoms with van der Waals surface area (Å²) < 4.78 is 35.1. The average Bonchev–Trinajstić information content (AvgIpc) is 2.97. The van der Waals surface area contributed by atoms with Crippen LogP contribution in [0.25, 0.3) is 10.2 Å². The standard InChI is InChI=1S/C16H14N2O5S2/c1-22-10-15(19)18-16-17-13-8-7-11(9-14(13)24-16)23-25(20,21)12-5-3-2-4-6-12/h2-9H,10H2,1H3,(H,17,18,19). The Kier molecular flexibility index (Phi) is 4.98. The summed E-state index contributed by atoms with van der Waals surface area (Å²) >= 11 is 1.21. The first-order valence-electron chi connectivity index (χ1n) is 7.17. The number of carbonyl (C=O) groups excluding carboxylic acids is 1. The maximum absolute atomic E-state index is 12.3. The Morgan fingerprint density at radius 3 is 2.68 bits per heavy atom. The van der Waals surface area contributed by atoms with Gasteiger partial charge in [0.25, 0.3) is 5.91 Å². The van der Waals surface area contributed by atoms with Crippen LogP contribution in [0.5, 0.6) is 5.75 Å². The van der Waals surface area contributed by atoms with Gasteiger partial charge >= 0.3 is 10.1 Å². The van der Waals surface area contributed by atoms with E-state index in [9.17, 15) is 13.2 Å². The minimum absolute atomic E-state index is 0.0698. The molecule has 0 fully saturated rings. The molecule has 0 atom stereocenters. The van der Waals surface area contributed by atoms with Gasteiger partial charge in [0.1, 0.15) is 17.3 Å². The summed E-state index contributed by atoms with van der Waals surface area (Å²) in [6.45, 7) is -0.0698. The molecule has 0 saturated heterocycles. The molecule has 1 N–H and O–H groups in total. The molecule has 3 aromatic rings. The molecule has 1 heterocycles. The van der Waals surface area contributed by atoms with E-state index >= 15 is 0 Å². The lowest BCUT2D eigenvalue weighted by molar-refractivity contribution is -0.119. The highest BCUT2D eigenvalue weighted by Crippen LogP contribution is 2.30. The first-order valence-corrected chi connectivity index (χ1v) is 9.39. The number of nitrogens with one attached hydrogen (secondary N) is 1. The van der Waals surface area contributed by atoms with Crippen LogP contribution in [-0.2, 0) is 19.6 Å². The molecule has 0 aliphatic heterocycles. The van der Waals surface area contributed by atoms with Crippen LogP contribution in [0.1, 0.15) is 0 Å². The minimum atomic E-state index is -3.90. The zero-order valence-electron chi connectivity index (χ0n) is 13.1. The average molecular weight is 378 g/mol. The van der Waals surface area contributed by atoms with Gasteiger partial charge in [-0.15, -0.1) is 0 Å². The lowest BCUT2D eigenvalue weighted by atomic mass is 10.3. The highest BCUT2D eigenvalue weighted by molar-refractivity contribution is 7.87. The minimum Gasteiger partial charge on any atom is -0.379 e. The third-order valence-electron chi connectivity index (χ3n) is 3.12. The van der Waals surface area contributed by atoms with E-state index in [4.69, 9.17) is 8.92 Å². The van der Waals surface area contributed by atoms with Crippen molar-refractivity contribution in [1.29, 1.82) is 0 Å². The van der Waals surface area contributed by atoms with Gasteiger partial charge in [-0.2, -0.15) is 8.42 Å². The molecule has 1 amide bonds. The van der Waals surface area contributed by atoms with E-state index < -0.39 is 10.1 Å². The molecule has 0 aliphatic carbocycles. The van der Waals surface area contributed by atoms with Crippen molar-refractivity contribution in [3.8, 4) is 5.75 Å². The van der Waals surface area contributed by atoms with Gasteiger partial charge in [-0.1, -0.05) is 29.5 Å². The van der Waals surface area contributed by atoms with Crippen LogP contribution in [0.2, 0.25) is 0 Å². The van der Waals surface area contributed by atoms with E-state index in [1.165, 1.54) is 36.6 Å². The number of anilines is 1. The van der Waals surface area contributed by atoms with E-state index in [2.05, 4.69) is 10.3 Å². The topological polar surface area (TPSA) is 94.6 Å². The Hall–Kier alpha value is -2.49. The number of benzene rings is 2. The number of hydrogen-bond acceptors (Lipinski definition) is 7. The van der Waals surface area contributed by atoms with Gasteiger partial charge in [-0.3, -0.25) is 10.1 Å². The number of thiazole rings is 1. The van der Waals surface area contributed by atoms with Crippen molar-refractivity contribution in [2.75, 3.05) is 19.0 Å². The number of ether oxygens (including phenoxy) is 1. The van der Waals surface area contributed by atoms with E-state index in [1.54, 1.807) is 30.3 Å². The molecule has 130 valence electrons. The van der Waals surface area contributed by atoms with Gasteiger partial charge in [0.2, 0.25) is 0 Å². The second kappa shape index (κ2) is 7.18. The number of aromatic nitrogens is 1. The number of fused-ring (bicyclic) bond motifs is 1. The molecule has 9 heteroatoms. The molecule has 0 unspecified atom stereocenters. The fourth-order valence-corrected chi connectivity index (χ4v) is 3.91. The van der Waals surface area contributed by atoms with Gasteiger partial charge in [0.15, 0.2) is 5.13 Å². The molecule has 0 saturated carbocycles. The highest BCUT2D eigenvalue weighted by atomic mass is 32.2. The Bertz CT molecular complexity index is 1000. The molecule has 0 spiro atoms. The van der Waals surface area contributed by atoms with Crippen molar-refractivity contribution in [2.45, 2.75) is 4.90 Å². The quantitative estimate of drug-likeness (QED) is 0.663. The SMILES string of the molecule is COCC(=O)Nc1nc2ccc(OS(=O)(=O)c3ccccc3)cc2s1. The van der Waals surface area contributed by atoms with Crippen LogP contribution >= 0.6 is 11.3 Å². The molecular weight excluding hydrogens is 364 g/mol. The maximum Gasteiger partial charge on any atom is 0.339 e. The van der Waals surface area contributed by atoms with Crippen molar-refractivity contribution < 1.29 is 22.1 Å². The maximum atomic E-state index is 12.3. The van der Waals surface area contributed by atoms with E-state index in [0.29, 0.717) is 15.3 Å². The Labute approximate surface area is 148 Å². The summed E-state index contributed by atoms with van der Waals surface area (Å²) in [5.74, 6) is -0.139. The first-order chi connectivity index (χ1) is 12.0. The van der Waals surface area contributed by atoms with E-state index in [0.717, 1.165) is 0 Å². The summed E-state index contributed by atoms with van der Waals surface area (Å²) in [6.07, 6.45) is 0. The summed E-state index contributed by atoms with van der Waals surface area (Å²) in [5.41, 5.74) is 0.627. The number of carbonyl (C=O) groups is 1. The molecule has 3 rings (SSSR count). The molecule has 2 aromatic carbocycles. The van der Waals surface area contributed by atoms with Crippen LogP contribution in [0.3, 0.4) is 0 Å². The van der Waals surface area contributed by atoms with Crippen molar-refractivity contribution >= 4 is 42.7 Å². The third-order valence-corrected chi connectivity index (χ3v) is 5.31. The Morgan fingerprint density at radius 2 is 1.96 bits per heavy atom. The Balaban J connectivity index is 1.83. The predicted octanol–water partition coefficient (Wildman–Crippen LogP) is 2.65. The molecule has 0 aliphatic rings. The van der Waals surface area contributed by atoms with Crippen LogP contribution < -0.4 is 9.50 Å². The summed E-state index contributed by atoms with van der Waals surface area (Å²) in [5, 5.41) is 3.01. The lowest BCUT2D eigenvalue weighted by Gasteiger charge is -2.06. The normalized spacial score (nSPS) is 11.4. The highest BCUT2D eigenvalue weighted by Gasteiger charge is 2.17. The fourth-order valence-electron chi connectivity index (χ4n) is 2.06. The second-order valence-electron chi connectivity index (χ2n) is 4.98. The monoisotopic (exact) mass is 378 g/mol. The van der Waals surface area contributed by atoms with Gasteiger partial charge in [0, 0.05) is 13.2 Å². The number of nitrogens with zero attached hydrogens (tertiary/aromatic N) is 1. The second-order valence-corrected chi connectivity index (χ2v) is 7.56. The van der Waals surface area contributed by atoms with Gasteiger partial charge in [-0.25, -0.2) is 4.98 Å². The number of rotatable bonds is 6. The number of methoxy groups -OCH3 is 1. The largest absolute Gasteiger partial charge is 0.379 e. The van der Waals surface area contributed by atoms with Crippen molar-refractivity contribution in [2.24, 2.45) is 0 Å². The summed E-state index contributed by atoms with van der Waals surface area (Å²) in [4.78, 5) is 15.9. The fraction of sp³-hybridized carbons (Fsp3) is 0.125. The van der Waals surface area contributed by atoms with E-state index in [1.807, 2.05) is 0 Å². The first kappa shape index (κ1) is 17.3. The van der Waals surface area contributed by atoms with Gasteiger partial charge < -0.3 is 8.92 Å². The van der Waals surface area contributed by atoms with Crippen LogP contribution in [0.15, 0.2) is 53.4 Å². The zero-order valence-corrected chi connectivity index (χ0v) is 14.8. The van der Waals surface area contributed by atoms with Crippen LogP contribution in [0.4, 0.5) is 5.13 Å². The lowest BCUT2D eigenvalue weighted by Crippen LogP contribution is -2.16. The van der Waals surface area contributed by atoms with Crippen LogP contribution in [-0.4, -0.2) is 33.0 Å². The zero-order chi connectivity index (χ0) is 17.9. The summed E-state index contributed by atoms with van der Waals surface area (Å²) in [6, 6.07) is 12.6. The molecule has 1 aromatic heterocycles. The van der Waals surface area contributed by atoms with Crippen molar-refractivity contribution in [3.63, 3.8) is 0 Å². The molecular formula is C16H14N2O5S2. The van der Waals surface area contributed by atoms with Crippen molar-refractivity contribution in [1.82, 2.24) is 4.98 Å². The van der Waals surface area contributed by atoms with Gasteiger partial charge in [0.05, 0.1) is 10.2 Å². The Morgan fingerprint density at radius 1 is 1.20 bits per heavy atom.